The van der Waals surface area contributed by atoms with Crippen molar-refractivity contribution in [3.8, 4) is 0 Å². The van der Waals surface area contributed by atoms with Crippen molar-refractivity contribution in [2.75, 3.05) is 13.2 Å². The first kappa shape index (κ1) is 11.8. The van der Waals surface area contributed by atoms with Crippen LogP contribution in [-0.2, 0) is 11.2 Å². The van der Waals surface area contributed by atoms with Gasteiger partial charge in [-0.15, -0.1) is 0 Å². The van der Waals surface area contributed by atoms with E-state index >= 15 is 0 Å². The molecule has 0 spiro atoms. The molecule has 1 aliphatic rings. The first-order valence-corrected chi connectivity index (χ1v) is 5.74. The Morgan fingerprint density at radius 1 is 1.56 bits per heavy atom. The van der Waals surface area contributed by atoms with Crippen LogP contribution < -0.4 is 0 Å². The van der Waals surface area contributed by atoms with E-state index in [4.69, 9.17) is 16.3 Å². The molecule has 1 N–H and O–H groups in total. The standard InChI is InChI=1S/C12H14ClFO2/c13-10-2-1-8(5-11(10)14)6-12(15)9-3-4-16-7-9/h1-2,5,9,12,15H,3-4,6-7H2. The number of benzene rings is 1. The summed E-state index contributed by atoms with van der Waals surface area (Å²) in [6.07, 6.45) is 0.849. The number of hydrogen-bond donors (Lipinski definition) is 1. The Bertz CT molecular complexity index is 364. The van der Waals surface area contributed by atoms with Crippen molar-refractivity contribution in [1.82, 2.24) is 0 Å². The Labute approximate surface area is 99.0 Å². The van der Waals surface area contributed by atoms with Crippen LogP contribution >= 0.6 is 11.6 Å². The van der Waals surface area contributed by atoms with Crippen molar-refractivity contribution < 1.29 is 14.2 Å². The molecule has 2 rings (SSSR count). The Kier molecular flexibility index (Phi) is 3.79. The quantitative estimate of drug-likeness (QED) is 0.885. The summed E-state index contributed by atoms with van der Waals surface area (Å²) in [5, 5.41) is 10.0. The number of ether oxygens (including phenoxy) is 1. The molecule has 1 fully saturated rings. The van der Waals surface area contributed by atoms with Crippen molar-refractivity contribution in [2.45, 2.75) is 18.9 Å². The minimum absolute atomic E-state index is 0.113. The molecule has 0 aromatic heterocycles. The van der Waals surface area contributed by atoms with E-state index in [0.29, 0.717) is 19.6 Å². The van der Waals surface area contributed by atoms with Crippen molar-refractivity contribution in [3.63, 3.8) is 0 Å². The second-order valence-electron chi connectivity index (χ2n) is 4.14. The highest BCUT2D eigenvalue weighted by Crippen LogP contribution is 2.22. The van der Waals surface area contributed by atoms with Gasteiger partial charge in [0, 0.05) is 12.5 Å². The molecule has 1 aromatic rings. The summed E-state index contributed by atoms with van der Waals surface area (Å²) in [5.41, 5.74) is 0.765. The van der Waals surface area contributed by atoms with Crippen LogP contribution in [0, 0.1) is 11.7 Å². The molecule has 1 saturated heterocycles. The monoisotopic (exact) mass is 244 g/mol. The van der Waals surface area contributed by atoms with Crippen molar-refractivity contribution in [3.05, 3.63) is 34.6 Å². The van der Waals surface area contributed by atoms with Gasteiger partial charge in [-0.25, -0.2) is 4.39 Å². The van der Waals surface area contributed by atoms with Gasteiger partial charge in [0.25, 0.3) is 0 Å². The van der Waals surface area contributed by atoms with Gasteiger partial charge in [0.15, 0.2) is 0 Å². The minimum Gasteiger partial charge on any atom is -0.392 e. The first-order chi connectivity index (χ1) is 7.66. The summed E-state index contributed by atoms with van der Waals surface area (Å²) < 4.78 is 18.4. The predicted molar refractivity (Wildman–Crippen MR) is 60.0 cm³/mol. The van der Waals surface area contributed by atoms with E-state index in [-0.39, 0.29) is 10.9 Å². The highest BCUT2D eigenvalue weighted by molar-refractivity contribution is 6.30. The normalized spacial score (nSPS) is 22.3. The molecular weight excluding hydrogens is 231 g/mol. The molecule has 88 valence electrons. The lowest BCUT2D eigenvalue weighted by Gasteiger charge is -2.16. The van der Waals surface area contributed by atoms with Gasteiger partial charge in [-0.2, -0.15) is 0 Å². The Hall–Kier alpha value is -0.640. The summed E-state index contributed by atoms with van der Waals surface area (Å²) in [5.74, 6) is -0.271. The van der Waals surface area contributed by atoms with Crippen LogP contribution in [-0.4, -0.2) is 24.4 Å². The molecule has 2 nitrogen and oxygen atoms in total. The van der Waals surface area contributed by atoms with E-state index in [1.807, 2.05) is 0 Å². The van der Waals surface area contributed by atoms with E-state index in [1.54, 1.807) is 6.07 Å². The average molecular weight is 245 g/mol. The number of hydrogen-bond acceptors (Lipinski definition) is 2. The zero-order valence-corrected chi connectivity index (χ0v) is 9.58. The van der Waals surface area contributed by atoms with Gasteiger partial charge in [0.05, 0.1) is 17.7 Å². The highest BCUT2D eigenvalue weighted by atomic mass is 35.5. The van der Waals surface area contributed by atoms with Gasteiger partial charge >= 0.3 is 0 Å². The van der Waals surface area contributed by atoms with Crippen LogP contribution in [0.2, 0.25) is 5.02 Å². The van der Waals surface area contributed by atoms with Crippen molar-refractivity contribution in [1.29, 1.82) is 0 Å². The summed E-state index contributed by atoms with van der Waals surface area (Å²) in [6, 6.07) is 4.63. The maximum atomic E-state index is 13.2. The van der Waals surface area contributed by atoms with Crippen LogP contribution in [0.25, 0.3) is 0 Å². The predicted octanol–water partition coefficient (Wildman–Crippen LogP) is 2.42. The molecule has 0 amide bonds. The highest BCUT2D eigenvalue weighted by Gasteiger charge is 2.24. The maximum absolute atomic E-state index is 13.2. The topological polar surface area (TPSA) is 29.5 Å². The number of halogens is 2. The number of aliphatic hydroxyl groups excluding tert-OH is 1. The minimum atomic E-state index is -0.469. The Morgan fingerprint density at radius 2 is 2.38 bits per heavy atom. The Morgan fingerprint density at radius 3 is 3.00 bits per heavy atom. The van der Waals surface area contributed by atoms with E-state index in [2.05, 4.69) is 0 Å². The molecule has 0 radical (unpaired) electrons. The number of aliphatic hydroxyl groups is 1. The molecule has 1 heterocycles. The van der Waals surface area contributed by atoms with Gasteiger partial charge in [0.2, 0.25) is 0 Å². The van der Waals surface area contributed by atoms with Crippen LogP contribution in [0.5, 0.6) is 0 Å². The third kappa shape index (κ3) is 2.73. The average Bonchev–Trinajstić information content (AvgIpc) is 2.77. The summed E-state index contributed by atoms with van der Waals surface area (Å²) in [4.78, 5) is 0. The van der Waals surface area contributed by atoms with Crippen LogP contribution in [0.4, 0.5) is 4.39 Å². The second-order valence-corrected chi connectivity index (χ2v) is 4.55. The largest absolute Gasteiger partial charge is 0.392 e. The third-order valence-corrected chi connectivity index (χ3v) is 3.24. The molecule has 16 heavy (non-hydrogen) atoms. The van der Waals surface area contributed by atoms with Gasteiger partial charge in [-0.1, -0.05) is 17.7 Å². The zero-order chi connectivity index (χ0) is 11.5. The van der Waals surface area contributed by atoms with Crippen molar-refractivity contribution in [2.24, 2.45) is 5.92 Å². The molecule has 0 bridgehead atoms. The molecule has 1 aromatic carbocycles. The summed E-state index contributed by atoms with van der Waals surface area (Å²) in [7, 11) is 0. The third-order valence-electron chi connectivity index (χ3n) is 2.94. The lowest BCUT2D eigenvalue weighted by Crippen LogP contribution is -2.23. The fourth-order valence-corrected chi connectivity index (χ4v) is 2.05. The molecule has 2 unspecified atom stereocenters. The van der Waals surface area contributed by atoms with Crippen LogP contribution in [0.3, 0.4) is 0 Å². The first-order valence-electron chi connectivity index (χ1n) is 5.36. The van der Waals surface area contributed by atoms with Gasteiger partial charge in [0.1, 0.15) is 5.82 Å². The fraction of sp³-hybridized carbons (Fsp3) is 0.500. The molecule has 4 heteroatoms. The molecule has 0 saturated carbocycles. The zero-order valence-electron chi connectivity index (χ0n) is 8.83. The lowest BCUT2D eigenvalue weighted by atomic mass is 9.95. The SMILES string of the molecule is OC(Cc1ccc(Cl)c(F)c1)C1CCOC1. The Balaban J connectivity index is 1.99. The molecule has 2 atom stereocenters. The smallest absolute Gasteiger partial charge is 0.142 e. The van der Waals surface area contributed by atoms with Crippen LogP contribution in [0.15, 0.2) is 18.2 Å². The number of rotatable bonds is 3. The van der Waals surface area contributed by atoms with E-state index in [1.165, 1.54) is 12.1 Å². The van der Waals surface area contributed by atoms with Gasteiger partial charge in [-0.3, -0.25) is 0 Å². The second kappa shape index (κ2) is 5.13. The van der Waals surface area contributed by atoms with E-state index < -0.39 is 11.9 Å². The molecular formula is C12H14ClFO2. The van der Waals surface area contributed by atoms with Crippen molar-refractivity contribution >= 4 is 11.6 Å². The summed E-state index contributed by atoms with van der Waals surface area (Å²) in [6.45, 7) is 1.30. The lowest BCUT2D eigenvalue weighted by molar-refractivity contribution is 0.0918. The van der Waals surface area contributed by atoms with Crippen LogP contribution in [0.1, 0.15) is 12.0 Å². The van der Waals surface area contributed by atoms with E-state index in [9.17, 15) is 9.50 Å². The van der Waals surface area contributed by atoms with Gasteiger partial charge < -0.3 is 9.84 Å². The molecule has 0 aliphatic carbocycles. The fourth-order valence-electron chi connectivity index (χ4n) is 1.93. The van der Waals surface area contributed by atoms with E-state index in [0.717, 1.165) is 12.0 Å². The van der Waals surface area contributed by atoms with Gasteiger partial charge in [-0.05, 0) is 30.5 Å². The maximum Gasteiger partial charge on any atom is 0.142 e. The summed E-state index contributed by atoms with van der Waals surface area (Å²) >= 11 is 5.59. The molecule has 1 aliphatic heterocycles.